The zero-order valence-corrected chi connectivity index (χ0v) is 15.3. The highest BCUT2D eigenvalue weighted by atomic mass is 32.1. The lowest BCUT2D eigenvalue weighted by atomic mass is 10.3. The standard InChI is InChI=1S/C20H17N3O3S/c24-19-12-22(16-7-3-1-4-8-16)20(25)23(19)11-15-14-27-18(21-15)13-26-17-9-5-2-6-10-17/h1-10,14H,11-13H2. The molecular formula is C20H17N3O3S. The van der Waals surface area contributed by atoms with E-state index < -0.39 is 0 Å². The number of imide groups is 1. The highest BCUT2D eigenvalue weighted by molar-refractivity contribution is 7.09. The maximum Gasteiger partial charge on any atom is 0.332 e. The van der Waals surface area contributed by atoms with Crippen LogP contribution in [0.2, 0.25) is 0 Å². The fourth-order valence-electron chi connectivity index (χ4n) is 2.82. The molecule has 2 aromatic carbocycles. The van der Waals surface area contributed by atoms with Crippen molar-refractivity contribution in [1.82, 2.24) is 9.88 Å². The largest absolute Gasteiger partial charge is 0.486 e. The number of anilines is 1. The average Bonchev–Trinajstić information content (AvgIpc) is 3.27. The molecule has 0 unspecified atom stereocenters. The van der Waals surface area contributed by atoms with Gasteiger partial charge >= 0.3 is 6.03 Å². The summed E-state index contributed by atoms with van der Waals surface area (Å²) in [5, 5.41) is 2.66. The fraction of sp³-hybridized carbons (Fsp3) is 0.150. The lowest BCUT2D eigenvalue weighted by molar-refractivity contribution is -0.125. The number of carbonyl (C=O) groups is 2. The summed E-state index contributed by atoms with van der Waals surface area (Å²) in [6.07, 6.45) is 0. The van der Waals surface area contributed by atoms with Crippen LogP contribution in [0, 0.1) is 0 Å². The molecule has 27 heavy (non-hydrogen) atoms. The van der Waals surface area contributed by atoms with Crippen LogP contribution in [-0.2, 0) is 17.9 Å². The first-order valence-electron chi connectivity index (χ1n) is 8.49. The summed E-state index contributed by atoms with van der Waals surface area (Å²) in [6, 6.07) is 18.4. The van der Waals surface area contributed by atoms with Crippen LogP contribution in [0.1, 0.15) is 10.7 Å². The summed E-state index contributed by atoms with van der Waals surface area (Å²) < 4.78 is 5.68. The smallest absolute Gasteiger partial charge is 0.332 e. The maximum absolute atomic E-state index is 12.6. The molecule has 1 aliphatic rings. The van der Waals surface area contributed by atoms with Gasteiger partial charge in [-0.3, -0.25) is 14.6 Å². The van der Waals surface area contributed by atoms with E-state index in [0.717, 1.165) is 10.8 Å². The lowest BCUT2D eigenvalue weighted by Gasteiger charge is -2.16. The summed E-state index contributed by atoms with van der Waals surface area (Å²) in [7, 11) is 0. The number of hydrogen-bond donors (Lipinski definition) is 0. The highest BCUT2D eigenvalue weighted by Gasteiger charge is 2.37. The minimum absolute atomic E-state index is 0.0525. The third kappa shape index (κ3) is 3.83. The Morgan fingerprint density at radius 2 is 1.70 bits per heavy atom. The van der Waals surface area contributed by atoms with Crippen molar-refractivity contribution in [3.05, 3.63) is 76.7 Å². The minimum Gasteiger partial charge on any atom is -0.486 e. The van der Waals surface area contributed by atoms with Crippen LogP contribution in [-0.4, -0.2) is 28.4 Å². The molecule has 1 fully saturated rings. The van der Waals surface area contributed by atoms with Crippen molar-refractivity contribution in [2.24, 2.45) is 0 Å². The molecule has 4 rings (SSSR count). The van der Waals surface area contributed by atoms with E-state index in [1.54, 1.807) is 0 Å². The molecule has 136 valence electrons. The molecule has 0 spiro atoms. The van der Waals surface area contributed by atoms with Gasteiger partial charge in [0.05, 0.1) is 12.2 Å². The number of aromatic nitrogens is 1. The van der Waals surface area contributed by atoms with E-state index in [2.05, 4.69) is 4.98 Å². The second kappa shape index (κ2) is 7.59. The Hall–Kier alpha value is -3.19. The third-order valence-electron chi connectivity index (χ3n) is 4.15. The van der Waals surface area contributed by atoms with Gasteiger partial charge in [0.2, 0.25) is 0 Å². The Balaban J connectivity index is 1.40. The van der Waals surface area contributed by atoms with Crippen molar-refractivity contribution in [3.8, 4) is 5.75 Å². The normalized spacial score (nSPS) is 14.1. The van der Waals surface area contributed by atoms with Crippen molar-refractivity contribution in [2.45, 2.75) is 13.2 Å². The molecule has 1 aromatic heterocycles. The summed E-state index contributed by atoms with van der Waals surface area (Å²) >= 11 is 1.45. The van der Waals surface area contributed by atoms with Crippen molar-refractivity contribution < 1.29 is 14.3 Å². The molecule has 0 N–H and O–H groups in total. The summed E-state index contributed by atoms with van der Waals surface area (Å²) in [6.45, 7) is 0.576. The number of carbonyl (C=O) groups excluding carboxylic acids is 2. The topological polar surface area (TPSA) is 62.7 Å². The van der Waals surface area contributed by atoms with Crippen molar-refractivity contribution in [1.29, 1.82) is 0 Å². The monoisotopic (exact) mass is 379 g/mol. The van der Waals surface area contributed by atoms with Crippen LogP contribution < -0.4 is 9.64 Å². The molecule has 1 saturated heterocycles. The fourth-order valence-corrected chi connectivity index (χ4v) is 3.51. The van der Waals surface area contributed by atoms with Crippen LogP contribution in [0.5, 0.6) is 5.75 Å². The number of urea groups is 1. The van der Waals surface area contributed by atoms with Gasteiger partial charge in [0.15, 0.2) is 0 Å². The predicted octanol–water partition coefficient (Wildman–Crippen LogP) is 3.69. The average molecular weight is 379 g/mol. The Labute approximate surface area is 160 Å². The van der Waals surface area contributed by atoms with Gasteiger partial charge in [0, 0.05) is 11.1 Å². The quantitative estimate of drug-likeness (QED) is 0.613. The van der Waals surface area contributed by atoms with Crippen LogP contribution in [0.25, 0.3) is 0 Å². The van der Waals surface area contributed by atoms with Crippen molar-refractivity contribution in [3.63, 3.8) is 0 Å². The number of hydrogen-bond acceptors (Lipinski definition) is 5. The van der Waals surface area contributed by atoms with Crippen LogP contribution in [0.15, 0.2) is 66.0 Å². The zero-order valence-electron chi connectivity index (χ0n) is 14.4. The van der Waals surface area contributed by atoms with E-state index in [1.807, 2.05) is 66.0 Å². The lowest BCUT2D eigenvalue weighted by Crippen LogP contribution is -2.32. The van der Waals surface area contributed by atoms with E-state index in [1.165, 1.54) is 21.1 Å². The second-order valence-electron chi connectivity index (χ2n) is 6.02. The van der Waals surface area contributed by atoms with Crippen LogP contribution >= 0.6 is 11.3 Å². The first-order valence-corrected chi connectivity index (χ1v) is 9.37. The molecule has 0 aliphatic carbocycles. The third-order valence-corrected chi connectivity index (χ3v) is 5.02. The van der Waals surface area contributed by atoms with E-state index in [0.29, 0.717) is 18.0 Å². The van der Waals surface area contributed by atoms with Crippen molar-refractivity contribution >= 4 is 29.0 Å². The molecule has 0 saturated carbocycles. The van der Waals surface area contributed by atoms with E-state index >= 15 is 0 Å². The van der Waals surface area contributed by atoms with E-state index in [9.17, 15) is 9.59 Å². The number of nitrogens with zero attached hydrogens (tertiary/aromatic N) is 3. The Bertz CT molecular complexity index is 943. The Kier molecular flexibility index (Phi) is 4.84. The number of thiazole rings is 1. The van der Waals surface area contributed by atoms with Gasteiger partial charge in [-0.25, -0.2) is 9.78 Å². The zero-order chi connectivity index (χ0) is 18.6. The Morgan fingerprint density at radius 3 is 2.44 bits per heavy atom. The molecular weight excluding hydrogens is 362 g/mol. The Morgan fingerprint density at radius 1 is 1.00 bits per heavy atom. The molecule has 7 heteroatoms. The van der Waals surface area contributed by atoms with Crippen LogP contribution in [0.3, 0.4) is 0 Å². The van der Waals surface area contributed by atoms with Crippen LogP contribution in [0.4, 0.5) is 10.5 Å². The number of benzene rings is 2. The highest BCUT2D eigenvalue weighted by Crippen LogP contribution is 2.23. The van der Waals surface area contributed by atoms with Gasteiger partial charge in [0.25, 0.3) is 5.91 Å². The van der Waals surface area contributed by atoms with Crippen molar-refractivity contribution in [2.75, 3.05) is 11.4 Å². The van der Waals surface area contributed by atoms with Gasteiger partial charge in [-0.1, -0.05) is 36.4 Å². The van der Waals surface area contributed by atoms with Gasteiger partial charge < -0.3 is 4.74 Å². The molecule has 6 nitrogen and oxygen atoms in total. The second-order valence-corrected chi connectivity index (χ2v) is 6.96. The summed E-state index contributed by atoms with van der Waals surface area (Å²) in [5.74, 6) is 0.552. The molecule has 0 radical (unpaired) electrons. The number of ether oxygens (including phenoxy) is 1. The van der Waals surface area contributed by atoms with Gasteiger partial charge in [-0.2, -0.15) is 0 Å². The first kappa shape index (κ1) is 17.2. The van der Waals surface area contributed by atoms with Gasteiger partial charge in [-0.15, -0.1) is 11.3 Å². The summed E-state index contributed by atoms with van der Waals surface area (Å²) in [4.78, 5) is 32.1. The first-order chi connectivity index (χ1) is 13.2. The molecule has 1 aliphatic heterocycles. The SMILES string of the molecule is O=C1CN(c2ccccc2)C(=O)N1Cc1csc(COc2ccccc2)n1. The maximum atomic E-state index is 12.6. The number of amides is 3. The number of rotatable bonds is 6. The molecule has 0 bridgehead atoms. The minimum atomic E-state index is -0.318. The number of para-hydroxylation sites is 2. The molecule has 2 heterocycles. The molecule has 0 atom stereocenters. The van der Waals surface area contributed by atoms with E-state index in [-0.39, 0.29) is 25.0 Å². The van der Waals surface area contributed by atoms with E-state index in [4.69, 9.17) is 4.74 Å². The van der Waals surface area contributed by atoms with Gasteiger partial charge in [-0.05, 0) is 24.3 Å². The predicted molar refractivity (Wildman–Crippen MR) is 103 cm³/mol. The molecule has 3 aromatic rings. The summed E-state index contributed by atoms with van der Waals surface area (Å²) in [5.41, 5.74) is 1.40. The van der Waals surface area contributed by atoms with Gasteiger partial charge in [0.1, 0.15) is 23.9 Å². The molecule has 3 amide bonds.